The topological polar surface area (TPSA) is 201 Å². The van der Waals surface area contributed by atoms with Crippen molar-refractivity contribution in [3.05, 3.63) is 172 Å². The first-order valence-electron chi connectivity index (χ1n) is 23.7. The number of carbonyl (C=O) groups is 1. The van der Waals surface area contributed by atoms with Crippen LogP contribution in [0, 0.1) is 19.7 Å². The zero-order valence-corrected chi connectivity index (χ0v) is 44.0. The highest BCUT2D eigenvalue weighted by Crippen LogP contribution is 2.51. The number of para-hydroxylation sites is 1. The van der Waals surface area contributed by atoms with E-state index >= 15 is 0 Å². The van der Waals surface area contributed by atoms with Crippen molar-refractivity contribution in [1.82, 2.24) is 19.9 Å². The van der Waals surface area contributed by atoms with Gasteiger partial charge in [0.25, 0.3) is 10.1 Å². The molecule has 1 N–H and O–H groups in total. The van der Waals surface area contributed by atoms with Crippen LogP contribution in [0.3, 0.4) is 0 Å². The van der Waals surface area contributed by atoms with Gasteiger partial charge in [-0.25, -0.2) is 29.1 Å². The number of aromatic hydroxyl groups is 1. The Morgan fingerprint density at radius 3 is 2.34 bits per heavy atom. The molecule has 0 fully saturated rings. The van der Waals surface area contributed by atoms with Crippen LogP contribution >= 0.6 is 23.2 Å². The fourth-order valence-electron chi connectivity index (χ4n) is 8.22. The summed E-state index contributed by atoms with van der Waals surface area (Å²) in [4.78, 5) is 32.1. The van der Waals surface area contributed by atoms with E-state index in [1.807, 2.05) is 24.3 Å². The van der Waals surface area contributed by atoms with Crippen molar-refractivity contribution in [2.45, 2.75) is 51.8 Å². The molecule has 5 aromatic carbocycles. The lowest BCUT2D eigenvalue weighted by Gasteiger charge is -2.24. The predicted molar refractivity (Wildman–Crippen MR) is 284 cm³/mol. The van der Waals surface area contributed by atoms with E-state index in [1.54, 1.807) is 76.5 Å². The second-order valence-corrected chi connectivity index (χ2v) is 19.4. The Balaban J connectivity index is 1.16. The number of esters is 1. The molecule has 16 nitrogen and oxygen atoms in total. The van der Waals surface area contributed by atoms with Crippen LogP contribution in [0.5, 0.6) is 28.9 Å². The lowest BCUT2D eigenvalue weighted by Crippen LogP contribution is -2.32. The molecule has 2 atom stereocenters. The number of ether oxygens (including phenoxy) is 6. The van der Waals surface area contributed by atoms with E-state index in [9.17, 15) is 22.7 Å². The summed E-state index contributed by atoms with van der Waals surface area (Å²) in [5, 5.41) is 11.0. The molecule has 3 heterocycles. The first-order chi connectivity index (χ1) is 36.7. The number of halogens is 3. The van der Waals surface area contributed by atoms with Crippen molar-refractivity contribution in [2.75, 3.05) is 33.5 Å². The zero-order chi connectivity index (χ0) is 53.9. The molecule has 0 amide bonds. The van der Waals surface area contributed by atoms with E-state index in [2.05, 4.69) is 21.5 Å². The Morgan fingerprint density at radius 2 is 1.62 bits per heavy atom. The SMILES string of the molecule is C=CCOC[C@H](COS(=O)(=O)Cc1ccccc1)Oc1c(Cl)c(C)c(-c2c(-c3ccc(F)cc3)oc3ncnc(O[C@H](Cc4cc(O)ccc4OCc4ccnc(-c5ccccc5OC)n4)C(=O)OCC)c23)c(C)c1Cl. The number of aromatic nitrogens is 4. The monoisotopic (exact) mass is 1090 g/mol. The summed E-state index contributed by atoms with van der Waals surface area (Å²) in [6, 6.07) is 27.6. The van der Waals surface area contributed by atoms with Gasteiger partial charge in [0.2, 0.25) is 17.7 Å². The average molecular weight is 1090 g/mol. The van der Waals surface area contributed by atoms with E-state index < -0.39 is 40.7 Å². The number of phenolic OH excluding ortho intramolecular Hbond substituents is 1. The number of rotatable bonds is 24. The molecule has 76 heavy (non-hydrogen) atoms. The standard InChI is InChI=1S/C56H51Cl2FN4O12S/c1-6-25-69-29-41(30-72-76(66,67)31-35-13-9-8-10-14-35)73-52-49(57)33(3)46(34(4)50(52)58)47-48-54(61-32-62-55(48)75-51(47)36-17-19-38(59)20-18-36)74-45(56(65)70-7-2)27-37-26-40(64)21-22-43(37)71-28-39-23-24-60-53(63-39)42-15-11-12-16-44(42)68-5/h6,8-24,26,32,41,45,64H,1,7,25,27-31H2,2-5H3/t41-,45-/m1/s1. The number of phenols is 1. The quantitative estimate of drug-likeness (QED) is 0.0259. The first-order valence-corrected chi connectivity index (χ1v) is 26.0. The summed E-state index contributed by atoms with van der Waals surface area (Å²) >= 11 is 14.4. The van der Waals surface area contributed by atoms with Gasteiger partial charge >= 0.3 is 5.97 Å². The molecule has 8 aromatic rings. The van der Waals surface area contributed by atoms with E-state index in [4.69, 9.17) is 65.2 Å². The maximum Gasteiger partial charge on any atom is 0.347 e. The Bertz CT molecular complexity index is 3450. The van der Waals surface area contributed by atoms with Crippen LogP contribution in [-0.4, -0.2) is 85.2 Å². The van der Waals surface area contributed by atoms with E-state index in [0.717, 1.165) is 0 Å². The molecule has 0 aliphatic rings. The van der Waals surface area contributed by atoms with Gasteiger partial charge in [0.15, 0.2) is 11.6 Å². The van der Waals surface area contributed by atoms with Crippen molar-refractivity contribution >= 4 is 50.4 Å². The summed E-state index contributed by atoms with van der Waals surface area (Å²) in [5.74, 6) is -0.373. The third-order valence-electron chi connectivity index (χ3n) is 11.8. The maximum absolute atomic E-state index is 14.5. The lowest BCUT2D eigenvalue weighted by molar-refractivity contribution is -0.151. The lowest BCUT2D eigenvalue weighted by atomic mass is 9.91. The van der Waals surface area contributed by atoms with E-state index in [1.165, 1.54) is 48.8 Å². The molecular weight excluding hydrogens is 1040 g/mol. The number of methoxy groups -OCH3 is 1. The van der Waals surface area contributed by atoms with Crippen molar-refractivity contribution in [1.29, 1.82) is 0 Å². The molecule has 0 aliphatic carbocycles. The molecule has 20 heteroatoms. The minimum absolute atomic E-state index is 0.00410. The predicted octanol–water partition coefficient (Wildman–Crippen LogP) is 11.4. The maximum atomic E-state index is 14.5. The van der Waals surface area contributed by atoms with Crippen LogP contribution in [0.25, 0.3) is 44.9 Å². The van der Waals surface area contributed by atoms with Gasteiger partial charge in [-0.3, -0.25) is 4.18 Å². The highest BCUT2D eigenvalue weighted by molar-refractivity contribution is 7.85. The van der Waals surface area contributed by atoms with Gasteiger partial charge < -0.3 is 37.9 Å². The molecule has 0 saturated heterocycles. The summed E-state index contributed by atoms with van der Waals surface area (Å²) in [6.45, 7) is 8.26. The molecule has 0 radical (unpaired) electrons. The Kier molecular flexibility index (Phi) is 17.8. The highest BCUT2D eigenvalue weighted by atomic mass is 35.5. The number of furan rings is 1. The van der Waals surface area contributed by atoms with Crippen LogP contribution in [0.1, 0.15) is 34.9 Å². The molecule has 0 unspecified atom stereocenters. The fraction of sp³-hybridized carbons (Fsp3) is 0.232. The largest absolute Gasteiger partial charge is 0.508 e. The molecule has 0 saturated carbocycles. The molecule has 3 aromatic heterocycles. The van der Waals surface area contributed by atoms with Gasteiger partial charge in [0.05, 0.1) is 48.2 Å². The third kappa shape index (κ3) is 12.9. The van der Waals surface area contributed by atoms with Crippen molar-refractivity contribution in [3.8, 4) is 62.7 Å². The Morgan fingerprint density at radius 1 is 0.882 bits per heavy atom. The molecule has 8 rings (SSSR count). The van der Waals surface area contributed by atoms with Gasteiger partial charge in [0.1, 0.15) is 65.6 Å². The minimum Gasteiger partial charge on any atom is -0.508 e. The Hall–Kier alpha value is -7.61. The minimum atomic E-state index is -4.08. The number of nitrogens with zero attached hydrogens (tertiary/aromatic N) is 4. The smallest absolute Gasteiger partial charge is 0.347 e. The van der Waals surface area contributed by atoms with E-state index in [0.29, 0.717) is 67.5 Å². The number of hydrogen-bond donors (Lipinski definition) is 1. The van der Waals surface area contributed by atoms with Crippen LogP contribution in [0.2, 0.25) is 10.0 Å². The fourth-order valence-corrected chi connectivity index (χ4v) is 9.78. The molecule has 394 valence electrons. The Labute approximate surface area is 448 Å². The zero-order valence-electron chi connectivity index (χ0n) is 41.6. The normalized spacial score (nSPS) is 12.2. The van der Waals surface area contributed by atoms with Crippen LogP contribution < -0.4 is 18.9 Å². The number of fused-ring (bicyclic) bond motifs is 1. The molecular formula is C56H51Cl2FN4O12S. The number of hydrogen-bond acceptors (Lipinski definition) is 16. The summed E-state index contributed by atoms with van der Waals surface area (Å²) in [5.41, 5.74) is 4.09. The van der Waals surface area contributed by atoms with Gasteiger partial charge in [-0.2, -0.15) is 8.42 Å². The number of benzene rings is 5. The van der Waals surface area contributed by atoms with Crippen LogP contribution in [-0.2, 0) is 47.4 Å². The van der Waals surface area contributed by atoms with Crippen molar-refractivity contribution < 1.29 is 59.7 Å². The van der Waals surface area contributed by atoms with Gasteiger partial charge in [-0.05, 0) is 104 Å². The molecule has 0 spiro atoms. The summed E-state index contributed by atoms with van der Waals surface area (Å²) < 4.78 is 88.7. The average Bonchev–Trinajstić information content (AvgIpc) is 3.84. The van der Waals surface area contributed by atoms with Crippen LogP contribution in [0.15, 0.2) is 133 Å². The highest BCUT2D eigenvalue weighted by Gasteiger charge is 2.33. The first kappa shape index (κ1) is 54.6. The molecule has 0 bridgehead atoms. The van der Waals surface area contributed by atoms with Crippen molar-refractivity contribution in [2.24, 2.45) is 0 Å². The second-order valence-electron chi connectivity index (χ2n) is 17.0. The van der Waals surface area contributed by atoms with Gasteiger partial charge in [-0.1, -0.05) is 71.7 Å². The van der Waals surface area contributed by atoms with Gasteiger partial charge in [0, 0.05) is 29.3 Å². The third-order valence-corrected chi connectivity index (χ3v) is 13.8. The van der Waals surface area contributed by atoms with E-state index in [-0.39, 0.29) is 82.9 Å². The molecule has 0 aliphatic heterocycles. The van der Waals surface area contributed by atoms with Crippen LogP contribution in [0.4, 0.5) is 4.39 Å². The summed E-state index contributed by atoms with van der Waals surface area (Å²) in [6.07, 6.45) is 1.68. The second kappa shape index (κ2) is 24.8. The van der Waals surface area contributed by atoms with Crippen molar-refractivity contribution in [3.63, 3.8) is 0 Å². The number of carbonyl (C=O) groups excluding carboxylic acids is 1. The van der Waals surface area contributed by atoms with Gasteiger partial charge in [-0.15, -0.1) is 6.58 Å². The summed E-state index contributed by atoms with van der Waals surface area (Å²) in [7, 11) is -2.52.